The summed E-state index contributed by atoms with van der Waals surface area (Å²) in [5, 5.41) is 9.37. The van der Waals surface area contributed by atoms with Gasteiger partial charge in [0.25, 0.3) is 0 Å². The van der Waals surface area contributed by atoms with Crippen LogP contribution in [0, 0.1) is 13.8 Å². The van der Waals surface area contributed by atoms with Gasteiger partial charge in [0, 0.05) is 6.04 Å². The molecular weight excluding hydrogens is 174 g/mol. The molecule has 1 aromatic rings. The second-order valence-electron chi connectivity index (χ2n) is 3.62. The van der Waals surface area contributed by atoms with E-state index in [1.165, 1.54) is 0 Å². The monoisotopic (exact) mass is 191 g/mol. The summed E-state index contributed by atoms with van der Waals surface area (Å²) in [5.41, 5.74) is 9.20. The van der Waals surface area contributed by atoms with Crippen molar-refractivity contribution in [2.24, 2.45) is 5.73 Å². The molecule has 2 nitrogen and oxygen atoms in total. The highest BCUT2D eigenvalue weighted by molar-refractivity contribution is 5.42. The van der Waals surface area contributed by atoms with Crippen molar-refractivity contribution in [3.63, 3.8) is 0 Å². The van der Waals surface area contributed by atoms with E-state index in [4.69, 9.17) is 5.73 Å². The lowest BCUT2D eigenvalue weighted by Crippen LogP contribution is -2.12. The molecule has 0 aromatic heterocycles. The minimum Gasteiger partial charge on any atom is -0.508 e. The number of phenolic OH excluding ortho intramolecular Hbond substituents is 1. The van der Waals surface area contributed by atoms with Crippen LogP contribution in [0.2, 0.25) is 0 Å². The Morgan fingerprint density at radius 1 is 1.43 bits per heavy atom. The first kappa shape index (κ1) is 10.8. The quantitative estimate of drug-likeness (QED) is 0.721. The number of aryl methyl sites for hydroxylation is 2. The number of hydrogen-bond acceptors (Lipinski definition) is 2. The molecule has 0 saturated carbocycles. The van der Waals surface area contributed by atoms with Gasteiger partial charge in [-0.2, -0.15) is 0 Å². The van der Waals surface area contributed by atoms with Crippen molar-refractivity contribution in [1.29, 1.82) is 0 Å². The van der Waals surface area contributed by atoms with Gasteiger partial charge < -0.3 is 10.8 Å². The van der Waals surface area contributed by atoms with E-state index in [-0.39, 0.29) is 6.04 Å². The zero-order valence-electron chi connectivity index (χ0n) is 8.75. The van der Waals surface area contributed by atoms with Gasteiger partial charge in [0.15, 0.2) is 0 Å². The number of benzene rings is 1. The van der Waals surface area contributed by atoms with E-state index in [2.05, 4.69) is 6.58 Å². The van der Waals surface area contributed by atoms with E-state index in [0.717, 1.165) is 23.1 Å². The van der Waals surface area contributed by atoms with Gasteiger partial charge in [-0.05, 0) is 49.1 Å². The Morgan fingerprint density at radius 2 is 1.93 bits per heavy atom. The molecule has 1 atom stereocenters. The lowest BCUT2D eigenvalue weighted by atomic mass is 9.94. The third-order valence-corrected chi connectivity index (χ3v) is 2.37. The summed E-state index contributed by atoms with van der Waals surface area (Å²) < 4.78 is 0. The molecule has 0 aliphatic rings. The Bertz CT molecular complexity index is 321. The van der Waals surface area contributed by atoms with Crippen LogP contribution in [0.15, 0.2) is 24.8 Å². The Hall–Kier alpha value is -1.28. The van der Waals surface area contributed by atoms with Crippen molar-refractivity contribution in [1.82, 2.24) is 0 Å². The topological polar surface area (TPSA) is 46.2 Å². The Morgan fingerprint density at radius 3 is 2.36 bits per heavy atom. The van der Waals surface area contributed by atoms with Crippen molar-refractivity contribution >= 4 is 0 Å². The van der Waals surface area contributed by atoms with Crippen molar-refractivity contribution in [3.05, 3.63) is 41.5 Å². The number of nitrogens with two attached hydrogens (primary N) is 1. The molecule has 0 bridgehead atoms. The lowest BCUT2D eigenvalue weighted by Gasteiger charge is -2.16. The van der Waals surface area contributed by atoms with E-state index in [1.807, 2.05) is 19.9 Å². The molecule has 0 aliphatic carbocycles. The van der Waals surface area contributed by atoms with Crippen molar-refractivity contribution in [3.8, 4) is 5.75 Å². The number of rotatable bonds is 3. The normalized spacial score (nSPS) is 12.5. The van der Waals surface area contributed by atoms with Gasteiger partial charge in [-0.15, -0.1) is 6.58 Å². The van der Waals surface area contributed by atoms with Crippen molar-refractivity contribution in [2.75, 3.05) is 0 Å². The summed E-state index contributed by atoms with van der Waals surface area (Å²) in [4.78, 5) is 0. The molecule has 1 rings (SSSR count). The van der Waals surface area contributed by atoms with Gasteiger partial charge in [-0.3, -0.25) is 0 Å². The van der Waals surface area contributed by atoms with E-state index < -0.39 is 0 Å². The van der Waals surface area contributed by atoms with Crippen LogP contribution in [-0.4, -0.2) is 5.11 Å². The van der Waals surface area contributed by atoms with Gasteiger partial charge in [0.1, 0.15) is 5.75 Å². The Balaban J connectivity index is 3.13. The molecule has 14 heavy (non-hydrogen) atoms. The van der Waals surface area contributed by atoms with Gasteiger partial charge in [0.05, 0.1) is 0 Å². The Kier molecular flexibility index (Phi) is 3.31. The van der Waals surface area contributed by atoms with Gasteiger partial charge >= 0.3 is 0 Å². The van der Waals surface area contributed by atoms with Crippen molar-refractivity contribution in [2.45, 2.75) is 26.3 Å². The third-order valence-electron chi connectivity index (χ3n) is 2.37. The maximum atomic E-state index is 9.37. The molecule has 76 valence electrons. The average Bonchev–Trinajstić information content (AvgIpc) is 2.01. The number of hydrogen-bond donors (Lipinski definition) is 2. The lowest BCUT2D eigenvalue weighted by molar-refractivity contribution is 0.473. The van der Waals surface area contributed by atoms with E-state index in [1.54, 1.807) is 12.1 Å². The first-order valence-electron chi connectivity index (χ1n) is 4.73. The van der Waals surface area contributed by atoms with E-state index in [0.29, 0.717) is 5.75 Å². The van der Waals surface area contributed by atoms with Crippen LogP contribution < -0.4 is 5.73 Å². The molecular formula is C12H17NO. The zero-order valence-corrected chi connectivity index (χ0v) is 8.75. The highest BCUT2D eigenvalue weighted by atomic mass is 16.3. The van der Waals surface area contributed by atoms with Gasteiger partial charge in [-0.1, -0.05) is 6.08 Å². The summed E-state index contributed by atoms with van der Waals surface area (Å²) >= 11 is 0. The first-order chi connectivity index (χ1) is 6.56. The van der Waals surface area contributed by atoms with Gasteiger partial charge in [0.2, 0.25) is 0 Å². The van der Waals surface area contributed by atoms with Crippen LogP contribution in [0.25, 0.3) is 0 Å². The fraction of sp³-hybridized carbons (Fsp3) is 0.333. The van der Waals surface area contributed by atoms with Crippen LogP contribution in [0.4, 0.5) is 0 Å². The highest BCUT2D eigenvalue weighted by Gasteiger charge is 2.11. The third kappa shape index (κ3) is 2.15. The summed E-state index contributed by atoms with van der Waals surface area (Å²) in [5.74, 6) is 0.301. The van der Waals surface area contributed by atoms with Gasteiger partial charge in [-0.25, -0.2) is 0 Å². The maximum Gasteiger partial charge on any atom is 0.116 e. The molecule has 1 aromatic carbocycles. The fourth-order valence-corrected chi connectivity index (χ4v) is 1.83. The number of phenols is 1. The van der Waals surface area contributed by atoms with Crippen LogP contribution in [-0.2, 0) is 0 Å². The van der Waals surface area contributed by atoms with E-state index in [9.17, 15) is 5.11 Å². The predicted molar refractivity (Wildman–Crippen MR) is 59.3 cm³/mol. The minimum atomic E-state index is -0.0203. The SMILES string of the molecule is C=CC[C@@H](N)c1c(C)cc(O)cc1C. The zero-order chi connectivity index (χ0) is 10.7. The molecule has 0 radical (unpaired) electrons. The molecule has 0 heterocycles. The molecule has 0 aliphatic heterocycles. The molecule has 0 fully saturated rings. The predicted octanol–water partition coefficient (Wildman–Crippen LogP) is 2.58. The number of aromatic hydroxyl groups is 1. The average molecular weight is 191 g/mol. The van der Waals surface area contributed by atoms with Crippen LogP contribution in [0.5, 0.6) is 5.75 Å². The summed E-state index contributed by atoms with van der Waals surface area (Å²) in [6.45, 7) is 7.60. The standard InChI is InChI=1S/C12H17NO/c1-4-5-11(13)12-8(2)6-10(14)7-9(12)3/h4,6-7,11,14H,1,5,13H2,2-3H3/t11-/m1/s1. The second kappa shape index (κ2) is 4.29. The summed E-state index contributed by atoms with van der Waals surface area (Å²) in [6, 6.07) is 3.46. The summed E-state index contributed by atoms with van der Waals surface area (Å²) in [6.07, 6.45) is 2.57. The molecule has 2 heteroatoms. The van der Waals surface area contributed by atoms with Crippen LogP contribution >= 0.6 is 0 Å². The Labute approximate surface area is 85.1 Å². The van der Waals surface area contributed by atoms with E-state index >= 15 is 0 Å². The van der Waals surface area contributed by atoms with Crippen LogP contribution in [0.3, 0.4) is 0 Å². The highest BCUT2D eigenvalue weighted by Crippen LogP contribution is 2.26. The van der Waals surface area contributed by atoms with Crippen LogP contribution in [0.1, 0.15) is 29.2 Å². The maximum absolute atomic E-state index is 9.37. The molecule has 0 spiro atoms. The molecule has 0 amide bonds. The minimum absolute atomic E-state index is 0.0203. The molecule has 0 unspecified atom stereocenters. The summed E-state index contributed by atoms with van der Waals surface area (Å²) in [7, 11) is 0. The second-order valence-corrected chi connectivity index (χ2v) is 3.62. The first-order valence-corrected chi connectivity index (χ1v) is 4.73. The smallest absolute Gasteiger partial charge is 0.116 e. The van der Waals surface area contributed by atoms with Crippen molar-refractivity contribution < 1.29 is 5.11 Å². The molecule has 3 N–H and O–H groups in total. The largest absolute Gasteiger partial charge is 0.508 e. The fourth-order valence-electron chi connectivity index (χ4n) is 1.83. The molecule has 0 saturated heterocycles.